The van der Waals surface area contributed by atoms with Crippen molar-refractivity contribution in [2.45, 2.75) is 12.6 Å². The SMILES string of the molecule is O=C(Cc1cc2ccccc2[nH]c1=O)Nc1nc(-c2cccc(C(F)(F)F)c2)cs1. The predicted molar refractivity (Wildman–Crippen MR) is 109 cm³/mol. The highest BCUT2D eigenvalue weighted by Crippen LogP contribution is 2.33. The molecule has 4 aromatic rings. The molecular formula is C21H14F3N3O2S. The second-order valence-corrected chi connectivity index (χ2v) is 7.41. The Labute approximate surface area is 172 Å². The monoisotopic (exact) mass is 429 g/mol. The van der Waals surface area contributed by atoms with Crippen molar-refractivity contribution in [3.63, 3.8) is 0 Å². The van der Waals surface area contributed by atoms with E-state index in [0.717, 1.165) is 28.9 Å². The second-order valence-electron chi connectivity index (χ2n) is 6.55. The highest BCUT2D eigenvalue weighted by Gasteiger charge is 2.30. The van der Waals surface area contributed by atoms with Gasteiger partial charge in [-0.1, -0.05) is 30.3 Å². The number of benzene rings is 2. The number of hydrogen-bond acceptors (Lipinski definition) is 4. The number of aromatic nitrogens is 2. The molecule has 0 radical (unpaired) electrons. The van der Waals surface area contributed by atoms with Crippen LogP contribution in [0.2, 0.25) is 0 Å². The predicted octanol–water partition coefficient (Wildman–Crippen LogP) is 4.85. The number of amides is 1. The summed E-state index contributed by atoms with van der Waals surface area (Å²) in [5.41, 5.74) is 0.484. The van der Waals surface area contributed by atoms with Gasteiger partial charge in [0, 0.05) is 22.0 Å². The molecule has 0 aliphatic heterocycles. The fourth-order valence-corrected chi connectivity index (χ4v) is 3.71. The summed E-state index contributed by atoms with van der Waals surface area (Å²) in [7, 11) is 0. The van der Waals surface area contributed by atoms with Crippen molar-refractivity contribution in [1.82, 2.24) is 9.97 Å². The van der Waals surface area contributed by atoms with Gasteiger partial charge in [0.2, 0.25) is 5.91 Å². The number of pyridine rings is 1. The second kappa shape index (κ2) is 7.75. The molecule has 2 N–H and O–H groups in total. The van der Waals surface area contributed by atoms with E-state index in [0.29, 0.717) is 22.3 Å². The molecular weight excluding hydrogens is 415 g/mol. The number of H-pyrrole nitrogens is 1. The molecule has 2 aromatic heterocycles. The summed E-state index contributed by atoms with van der Waals surface area (Å²) in [5.74, 6) is -0.444. The van der Waals surface area contributed by atoms with Crippen LogP contribution in [0.3, 0.4) is 0 Å². The minimum Gasteiger partial charge on any atom is -0.322 e. The maximum absolute atomic E-state index is 12.9. The first-order valence-electron chi connectivity index (χ1n) is 8.83. The topological polar surface area (TPSA) is 74.8 Å². The number of aromatic amines is 1. The first-order valence-corrected chi connectivity index (χ1v) is 9.71. The molecule has 152 valence electrons. The van der Waals surface area contributed by atoms with E-state index in [9.17, 15) is 22.8 Å². The molecule has 2 heterocycles. The lowest BCUT2D eigenvalue weighted by atomic mass is 10.1. The minimum absolute atomic E-state index is 0.154. The number of alkyl halides is 3. The number of thiazole rings is 1. The average Bonchev–Trinajstić information content (AvgIpc) is 3.16. The lowest BCUT2D eigenvalue weighted by Crippen LogP contribution is -2.20. The number of fused-ring (bicyclic) bond motifs is 1. The third-order valence-corrected chi connectivity index (χ3v) is 5.18. The fourth-order valence-electron chi connectivity index (χ4n) is 2.98. The van der Waals surface area contributed by atoms with E-state index in [1.54, 1.807) is 23.6 Å². The molecule has 0 bridgehead atoms. The van der Waals surface area contributed by atoms with E-state index < -0.39 is 17.6 Å². The molecule has 30 heavy (non-hydrogen) atoms. The van der Waals surface area contributed by atoms with Crippen LogP contribution >= 0.6 is 11.3 Å². The van der Waals surface area contributed by atoms with Gasteiger partial charge in [-0.2, -0.15) is 13.2 Å². The molecule has 2 aromatic carbocycles. The molecule has 0 aliphatic carbocycles. The van der Waals surface area contributed by atoms with Gasteiger partial charge in [0.1, 0.15) is 0 Å². The Morgan fingerprint density at radius 2 is 1.90 bits per heavy atom. The number of rotatable bonds is 4. The molecule has 5 nitrogen and oxygen atoms in total. The van der Waals surface area contributed by atoms with Gasteiger partial charge < -0.3 is 10.3 Å². The van der Waals surface area contributed by atoms with Crippen molar-refractivity contribution >= 4 is 33.3 Å². The summed E-state index contributed by atoms with van der Waals surface area (Å²) in [4.78, 5) is 31.5. The summed E-state index contributed by atoms with van der Waals surface area (Å²) in [6.45, 7) is 0. The standard InChI is InChI=1S/C21H14F3N3O2S/c22-21(23,24)15-6-3-5-13(9-15)17-11-30-20(26-17)27-18(28)10-14-8-12-4-1-2-7-16(12)25-19(14)29/h1-9,11H,10H2,(H,25,29)(H,26,27,28). The fraction of sp³-hybridized carbons (Fsp3) is 0.0952. The van der Waals surface area contributed by atoms with E-state index in [1.165, 1.54) is 12.1 Å². The van der Waals surface area contributed by atoms with Gasteiger partial charge in [0.25, 0.3) is 5.56 Å². The molecule has 0 spiro atoms. The van der Waals surface area contributed by atoms with Gasteiger partial charge in [0.15, 0.2) is 5.13 Å². The molecule has 0 fully saturated rings. The van der Waals surface area contributed by atoms with Crippen LogP contribution < -0.4 is 10.9 Å². The van der Waals surface area contributed by atoms with E-state index in [-0.39, 0.29) is 17.1 Å². The maximum atomic E-state index is 12.9. The number of anilines is 1. The largest absolute Gasteiger partial charge is 0.416 e. The Morgan fingerprint density at radius 1 is 1.10 bits per heavy atom. The van der Waals surface area contributed by atoms with Crippen molar-refractivity contribution in [3.05, 3.63) is 81.5 Å². The quantitative estimate of drug-likeness (QED) is 0.487. The zero-order chi connectivity index (χ0) is 21.3. The van der Waals surface area contributed by atoms with Crippen LogP contribution in [0.1, 0.15) is 11.1 Å². The van der Waals surface area contributed by atoms with Crippen LogP contribution in [0.15, 0.2) is 64.8 Å². The van der Waals surface area contributed by atoms with Crippen LogP contribution in [0.4, 0.5) is 18.3 Å². The molecule has 0 saturated heterocycles. The molecule has 4 rings (SSSR count). The number of carbonyl (C=O) groups is 1. The number of halogens is 3. The van der Waals surface area contributed by atoms with Crippen LogP contribution in [0.25, 0.3) is 22.2 Å². The number of nitrogens with zero attached hydrogens (tertiary/aromatic N) is 1. The van der Waals surface area contributed by atoms with Gasteiger partial charge >= 0.3 is 6.18 Å². The van der Waals surface area contributed by atoms with E-state index >= 15 is 0 Å². The summed E-state index contributed by atoms with van der Waals surface area (Å²) in [6, 6.07) is 13.7. The number of para-hydroxylation sites is 1. The van der Waals surface area contributed by atoms with Crippen molar-refractivity contribution in [1.29, 1.82) is 0 Å². The maximum Gasteiger partial charge on any atom is 0.416 e. The minimum atomic E-state index is -4.45. The normalized spacial score (nSPS) is 11.6. The molecule has 0 unspecified atom stereocenters. The lowest BCUT2D eigenvalue weighted by molar-refractivity contribution is -0.137. The van der Waals surface area contributed by atoms with Crippen molar-refractivity contribution in [2.24, 2.45) is 0 Å². The van der Waals surface area contributed by atoms with Gasteiger partial charge in [-0.05, 0) is 29.7 Å². The van der Waals surface area contributed by atoms with Crippen molar-refractivity contribution in [2.75, 3.05) is 5.32 Å². The molecule has 1 amide bonds. The smallest absolute Gasteiger partial charge is 0.322 e. The van der Waals surface area contributed by atoms with Gasteiger partial charge in [0.05, 0.1) is 17.7 Å². The average molecular weight is 429 g/mol. The highest BCUT2D eigenvalue weighted by molar-refractivity contribution is 7.14. The van der Waals surface area contributed by atoms with Crippen molar-refractivity contribution < 1.29 is 18.0 Å². The Kier molecular flexibility index (Phi) is 5.13. The van der Waals surface area contributed by atoms with Crippen LogP contribution in [-0.4, -0.2) is 15.9 Å². The summed E-state index contributed by atoms with van der Waals surface area (Å²) in [5, 5.41) is 5.20. The number of carbonyl (C=O) groups excluding carboxylic acids is 1. The summed E-state index contributed by atoms with van der Waals surface area (Å²) in [6.07, 6.45) is -4.60. The molecule has 9 heteroatoms. The molecule has 0 atom stereocenters. The van der Waals surface area contributed by atoms with Crippen molar-refractivity contribution in [3.8, 4) is 11.3 Å². The third-order valence-electron chi connectivity index (χ3n) is 4.42. The van der Waals surface area contributed by atoms with Crippen LogP contribution in [-0.2, 0) is 17.4 Å². The Balaban J connectivity index is 1.50. The van der Waals surface area contributed by atoms with Gasteiger partial charge in [-0.15, -0.1) is 11.3 Å². The van der Waals surface area contributed by atoms with E-state index in [1.807, 2.05) is 12.1 Å². The Morgan fingerprint density at radius 3 is 2.70 bits per heavy atom. The number of hydrogen-bond donors (Lipinski definition) is 2. The van der Waals surface area contributed by atoms with Crippen LogP contribution in [0.5, 0.6) is 0 Å². The zero-order valence-electron chi connectivity index (χ0n) is 15.3. The van der Waals surface area contributed by atoms with Gasteiger partial charge in [-0.3, -0.25) is 9.59 Å². The van der Waals surface area contributed by atoms with E-state index in [4.69, 9.17) is 0 Å². The van der Waals surface area contributed by atoms with Gasteiger partial charge in [-0.25, -0.2) is 4.98 Å². The highest BCUT2D eigenvalue weighted by atomic mass is 32.1. The van der Waals surface area contributed by atoms with E-state index in [2.05, 4.69) is 15.3 Å². The third kappa shape index (κ3) is 4.25. The molecule has 0 aliphatic rings. The number of nitrogens with one attached hydrogen (secondary N) is 2. The Bertz CT molecular complexity index is 1290. The first-order chi connectivity index (χ1) is 14.3. The zero-order valence-corrected chi connectivity index (χ0v) is 16.1. The molecule has 0 saturated carbocycles. The summed E-state index contributed by atoms with van der Waals surface area (Å²) < 4.78 is 38.7. The van der Waals surface area contributed by atoms with Crippen LogP contribution in [0, 0.1) is 0 Å². The first kappa shape index (κ1) is 19.8. The lowest BCUT2D eigenvalue weighted by Gasteiger charge is -2.07. The summed E-state index contributed by atoms with van der Waals surface area (Å²) >= 11 is 1.09. The Hall–Kier alpha value is -3.46.